The van der Waals surface area contributed by atoms with Crippen LogP contribution in [0.4, 0.5) is 13.2 Å². The van der Waals surface area contributed by atoms with Gasteiger partial charge >= 0.3 is 6.18 Å². The molecule has 0 saturated heterocycles. The van der Waals surface area contributed by atoms with Crippen molar-refractivity contribution in [1.29, 1.82) is 0 Å². The van der Waals surface area contributed by atoms with Crippen LogP contribution in [0.2, 0.25) is 0 Å². The van der Waals surface area contributed by atoms with Gasteiger partial charge in [-0.25, -0.2) is 0 Å². The molecule has 1 aliphatic rings. The maximum Gasteiger partial charge on any atom is 0.414 e. The van der Waals surface area contributed by atoms with E-state index >= 15 is 0 Å². The summed E-state index contributed by atoms with van der Waals surface area (Å²) < 4.78 is 46.3. The Morgan fingerprint density at radius 2 is 1.94 bits per heavy atom. The lowest BCUT2D eigenvalue weighted by molar-refractivity contribution is -0.203. The second-order valence-electron chi connectivity index (χ2n) is 3.45. The molecule has 6 heteroatoms. The Bertz CT molecular complexity index is 389. The maximum absolute atomic E-state index is 12.1. The van der Waals surface area contributed by atoms with Crippen molar-refractivity contribution < 1.29 is 27.8 Å². The maximum atomic E-state index is 12.1. The van der Waals surface area contributed by atoms with Crippen LogP contribution in [0.1, 0.15) is 5.56 Å². The van der Waals surface area contributed by atoms with E-state index in [9.17, 15) is 13.2 Å². The Labute approximate surface area is 89.4 Å². The molecule has 88 valence electrons. The molecule has 0 radical (unpaired) electrons. The molecule has 0 saturated carbocycles. The van der Waals surface area contributed by atoms with Crippen LogP contribution < -0.4 is 9.47 Å². The minimum absolute atomic E-state index is 0.0701. The summed E-state index contributed by atoms with van der Waals surface area (Å²) in [4.78, 5) is 0. The lowest BCUT2D eigenvalue weighted by atomic mass is 10.1. The molecular weight excluding hydrogens is 225 g/mol. The second kappa shape index (κ2) is 3.86. The summed E-state index contributed by atoms with van der Waals surface area (Å²) >= 11 is 0. The van der Waals surface area contributed by atoms with E-state index in [1.165, 1.54) is 18.2 Å². The van der Waals surface area contributed by atoms with Crippen LogP contribution in [0.15, 0.2) is 18.2 Å². The van der Waals surface area contributed by atoms with Crippen molar-refractivity contribution in [2.24, 2.45) is 0 Å². The molecule has 0 spiro atoms. The molecule has 1 aliphatic heterocycles. The number of aliphatic hydroxyl groups is 1. The molecule has 2 rings (SSSR count). The molecule has 1 heterocycles. The van der Waals surface area contributed by atoms with Crippen LogP contribution in [0.5, 0.6) is 11.5 Å². The van der Waals surface area contributed by atoms with Gasteiger partial charge in [-0.05, 0) is 17.7 Å². The standard InChI is InChI=1S/C10H9F3O3/c11-10(12,13)9(14)4-6-1-2-7-8(3-6)16-5-15-7/h1-3,9,14H,4-5H2. The first-order chi connectivity index (χ1) is 7.47. The van der Waals surface area contributed by atoms with Crippen molar-refractivity contribution in [2.75, 3.05) is 6.79 Å². The van der Waals surface area contributed by atoms with E-state index in [1.54, 1.807) is 0 Å². The largest absolute Gasteiger partial charge is 0.454 e. The zero-order chi connectivity index (χ0) is 11.8. The van der Waals surface area contributed by atoms with E-state index in [0.29, 0.717) is 17.1 Å². The van der Waals surface area contributed by atoms with Crippen LogP contribution in [0.3, 0.4) is 0 Å². The molecule has 0 fully saturated rings. The summed E-state index contributed by atoms with van der Waals surface area (Å²) in [5, 5.41) is 8.89. The van der Waals surface area contributed by atoms with Gasteiger partial charge in [0.05, 0.1) is 0 Å². The molecule has 3 nitrogen and oxygen atoms in total. The van der Waals surface area contributed by atoms with Crippen LogP contribution in [-0.4, -0.2) is 24.2 Å². The number of fused-ring (bicyclic) bond motifs is 1. The van der Waals surface area contributed by atoms with Crippen molar-refractivity contribution >= 4 is 0 Å². The van der Waals surface area contributed by atoms with Crippen LogP contribution in [0.25, 0.3) is 0 Å². The zero-order valence-electron chi connectivity index (χ0n) is 8.12. The quantitative estimate of drug-likeness (QED) is 0.849. The number of hydrogen-bond acceptors (Lipinski definition) is 3. The minimum atomic E-state index is -4.60. The van der Waals surface area contributed by atoms with E-state index < -0.39 is 18.7 Å². The molecule has 1 aromatic carbocycles. The number of alkyl halides is 3. The second-order valence-corrected chi connectivity index (χ2v) is 3.45. The van der Waals surface area contributed by atoms with Gasteiger partial charge < -0.3 is 14.6 Å². The van der Waals surface area contributed by atoms with Crippen molar-refractivity contribution in [3.05, 3.63) is 23.8 Å². The normalized spacial score (nSPS) is 16.2. The molecule has 0 bridgehead atoms. The Morgan fingerprint density at radius 3 is 2.62 bits per heavy atom. The molecule has 1 aromatic rings. The number of benzene rings is 1. The number of aliphatic hydroxyl groups excluding tert-OH is 1. The van der Waals surface area contributed by atoms with E-state index in [0.717, 1.165) is 0 Å². The van der Waals surface area contributed by atoms with Gasteiger partial charge in [0.1, 0.15) is 0 Å². The highest BCUT2D eigenvalue weighted by Gasteiger charge is 2.38. The molecule has 1 atom stereocenters. The monoisotopic (exact) mass is 234 g/mol. The predicted octanol–water partition coefficient (Wildman–Crippen LogP) is 1.88. The summed E-state index contributed by atoms with van der Waals surface area (Å²) in [5.41, 5.74) is 0.356. The van der Waals surface area contributed by atoms with Gasteiger partial charge in [-0.1, -0.05) is 6.07 Å². The molecule has 16 heavy (non-hydrogen) atoms. The molecular formula is C10H9F3O3. The molecule has 1 unspecified atom stereocenters. The fourth-order valence-electron chi connectivity index (χ4n) is 1.41. The fourth-order valence-corrected chi connectivity index (χ4v) is 1.41. The van der Waals surface area contributed by atoms with E-state index in [-0.39, 0.29) is 6.79 Å². The highest BCUT2D eigenvalue weighted by atomic mass is 19.4. The number of rotatable bonds is 2. The molecule has 0 aliphatic carbocycles. The SMILES string of the molecule is OC(Cc1ccc2c(c1)OCO2)C(F)(F)F. The van der Waals surface area contributed by atoms with Gasteiger partial charge in [0.15, 0.2) is 17.6 Å². The number of ether oxygens (including phenoxy) is 2. The van der Waals surface area contributed by atoms with E-state index in [4.69, 9.17) is 14.6 Å². The smallest absolute Gasteiger partial charge is 0.414 e. The van der Waals surface area contributed by atoms with Gasteiger partial charge in [0.2, 0.25) is 6.79 Å². The third kappa shape index (κ3) is 2.21. The fraction of sp³-hybridized carbons (Fsp3) is 0.400. The zero-order valence-corrected chi connectivity index (χ0v) is 8.12. The third-order valence-corrected chi connectivity index (χ3v) is 2.24. The van der Waals surface area contributed by atoms with Crippen molar-refractivity contribution in [1.82, 2.24) is 0 Å². The Kier molecular flexibility index (Phi) is 2.67. The number of hydrogen-bond donors (Lipinski definition) is 1. The highest BCUT2D eigenvalue weighted by Crippen LogP contribution is 2.33. The molecule has 0 aromatic heterocycles. The van der Waals surface area contributed by atoms with E-state index in [2.05, 4.69) is 0 Å². The molecule has 0 amide bonds. The van der Waals surface area contributed by atoms with Gasteiger partial charge in [-0.15, -0.1) is 0 Å². The van der Waals surface area contributed by atoms with E-state index in [1.807, 2.05) is 0 Å². The minimum Gasteiger partial charge on any atom is -0.454 e. The van der Waals surface area contributed by atoms with Crippen molar-refractivity contribution in [3.8, 4) is 11.5 Å². The summed E-state index contributed by atoms with van der Waals surface area (Å²) in [6, 6.07) is 4.44. The Hall–Kier alpha value is -1.43. The predicted molar refractivity (Wildman–Crippen MR) is 48.3 cm³/mol. The van der Waals surface area contributed by atoms with Gasteiger partial charge in [-0.2, -0.15) is 13.2 Å². The number of halogens is 3. The lowest BCUT2D eigenvalue weighted by Crippen LogP contribution is -2.30. The summed E-state index contributed by atoms with van der Waals surface area (Å²) in [6.07, 6.45) is -7.44. The highest BCUT2D eigenvalue weighted by molar-refractivity contribution is 5.44. The Balaban J connectivity index is 2.11. The van der Waals surface area contributed by atoms with Gasteiger partial charge in [0.25, 0.3) is 0 Å². The van der Waals surface area contributed by atoms with Crippen molar-refractivity contribution in [2.45, 2.75) is 18.7 Å². The lowest BCUT2D eigenvalue weighted by Gasteiger charge is -2.14. The first kappa shape index (κ1) is 11.1. The molecule has 1 N–H and O–H groups in total. The van der Waals surface area contributed by atoms with Gasteiger partial charge in [0, 0.05) is 6.42 Å². The topological polar surface area (TPSA) is 38.7 Å². The first-order valence-electron chi connectivity index (χ1n) is 4.60. The van der Waals surface area contributed by atoms with Crippen molar-refractivity contribution in [3.63, 3.8) is 0 Å². The Morgan fingerprint density at radius 1 is 1.25 bits per heavy atom. The van der Waals surface area contributed by atoms with Crippen LogP contribution in [-0.2, 0) is 6.42 Å². The van der Waals surface area contributed by atoms with Crippen LogP contribution in [0, 0.1) is 0 Å². The first-order valence-corrected chi connectivity index (χ1v) is 4.60. The summed E-state index contributed by atoms with van der Waals surface area (Å²) in [7, 11) is 0. The third-order valence-electron chi connectivity index (χ3n) is 2.24. The average molecular weight is 234 g/mol. The summed E-state index contributed by atoms with van der Waals surface area (Å²) in [6.45, 7) is 0.0701. The van der Waals surface area contributed by atoms with Gasteiger partial charge in [-0.3, -0.25) is 0 Å². The van der Waals surface area contributed by atoms with Crippen LogP contribution >= 0.6 is 0 Å². The summed E-state index contributed by atoms with van der Waals surface area (Å²) in [5.74, 6) is 0.914. The average Bonchev–Trinajstić information content (AvgIpc) is 2.63.